The van der Waals surface area contributed by atoms with Gasteiger partial charge < -0.3 is 10.8 Å². The zero-order valence-electron chi connectivity index (χ0n) is 21.7. The van der Waals surface area contributed by atoms with Crippen LogP contribution in [0.25, 0.3) is 21.8 Å². The molecule has 202 valence electrons. The third-order valence-corrected chi connectivity index (χ3v) is 8.52. The van der Waals surface area contributed by atoms with Gasteiger partial charge in [-0.1, -0.05) is 48.5 Å². The summed E-state index contributed by atoms with van der Waals surface area (Å²) in [5.41, 5.74) is 10.1. The van der Waals surface area contributed by atoms with E-state index >= 15 is 0 Å². The molecular weight excluding hydrogens is 526 g/mol. The quantitative estimate of drug-likeness (QED) is 0.180. The number of aliphatic carboxylic acids is 1. The van der Waals surface area contributed by atoms with E-state index in [9.17, 15) is 18.3 Å². The average molecular weight is 554 g/mol. The number of carboxylic acids is 1. The molecule has 0 radical (unpaired) electrons. The number of carboxylic acid groups (broad SMARTS) is 1. The van der Waals surface area contributed by atoms with Gasteiger partial charge in [-0.2, -0.15) is 0 Å². The number of aromatic nitrogens is 2. The van der Waals surface area contributed by atoms with Crippen LogP contribution in [-0.4, -0.2) is 41.8 Å². The van der Waals surface area contributed by atoms with Crippen molar-refractivity contribution >= 4 is 49.3 Å². The maximum atomic E-state index is 13.9. The molecule has 0 bridgehead atoms. The number of pyridine rings is 2. The Balaban J connectivity index is 1.51. The van der Waals surface area contributed by atoms with E-state index in [0.717, 1.165) is 26.5 Å². The molecule has 0 amide bonds. The highest BCUT2D eigenvalue weighted by Crippen LogP contribution is 2.31. The Kier molecular flexibility index (Phi) is 7.19. The monoisotopic (exact) mass is 553 g/mol. The minimum atomic E-state index is -4.28. The normalized spacial score (nSPS) is 11.5. The molecule has 3 aromatic carbocycles. The molecule has 0 aliphatic carbocycles. The number of anilines is 1. The Morgan fingerprint density at radius 3 is 2.48 bits per heavy atom. The number of para-hydroxylation sites is 1. The number of hydrogen-bond acceptors (Lipinski definition) is 6. The van der Waals surface area contributed by atoms with Gasteiger partial charge in [-0.25, -0.2) is 8.42 Å². The van der Waals surface area contributed by atoms with Crippen LogP contribution in [0.1, 0.15) is 22.4 Å². The van der Waals surface area contributed by atoms with E-state index in [1.165, 1.54) is 12.3 Å². The van der Waals surface area contributed by atoms with Gasteiger partial charge in [-0.3, -0.25) is 24.5 Å². The number of benzene rings is 3. The van der Waals surface area contributed by atoms with Gasteiger partial charge >= 0.3 is 5.97 Å². The third-order valence-electron chi connectivity index (χ3n) is 6.72. The summed E-state index contributed by atoms with van der Waals surface area (Å²) >= 11 is 0. The first-order chi connectivity index (χ1) is 19.1. The molecule has 0 fully saturated rings. The third kappa shape index (κ3) is 5.34. The molecule has 2 heterocycles. The number of amidine groups is 1. The number of aryl methyl sites for hydroxylation is 3. The van der Waals surface area contributed by atoms with Crippen LogP contribution in [0, 0.1) is 12.3 Å². The topological polar surface area (TPSA) is 150 Å². The number of sulfonamides is 1. The molecule has 5 rings (SSSR count). The molecule has 5 aromatic rings. The first-order valence-corrected chi connectivity index (χ1v) is 14.0. The van der Waals surface area contributed by atoms with Crippen molar-refractivity contribution in [1.29, 1.82) is 5.41 Å². The summed E-state index contributed by atoms with van der Waals surface area (Å²) in [7, 11) is -4.28. The van der Waals surface area contributed by atoms with Crippen LogP contribution in [0.2, 0.25) is 0 Å². The van der Waals surface area contributed by atoms with Gasteiger partial charge in [-0.05, 0) is 61.2 Å². The second kappa shape index (κ2) is 10.7. The van der Waals surface area contributed by atoms with Crippen molar-refractivity contribution in [2.75, 3.05) is 10.8 Å². The van der Waals surface area contributed by atoms with Gasteiger partial charge in [0, 0.05) is 28.2 Å². The van der Waals surface area contributed by atoms with Crippen molar-refractivity contribution in [3.63, 3.8) is 0 Å². The highest BCUT2D eigenvalue weighted by molar-refractivity contribution is 7.93. The van der Waals surface area contributed by atoms with Crippen molar-refractivity contribution in [2.24, 2.45) is 5.73 Å². The molecule has 4 N–H and O–H groups in total. The van der Waals surface area contributed by atoms with Crippen molar-refractivity contribution in [2.45, 2.75) is 24.7 Å². The SMILES string of the molecule is Cc1cc(CCc2ccc(C(=N)N)cc2)nc2cc(N(CC(=O)O)S(=O)(=O)c3cccc4cccnc34)ccc12. The van der Waals surface area contributed by atoms with Gasteiger partial charge in [0.1, 0.15) is 17.3 Å². The summed E-state index contributed by atoms with van der Waals surface area (Å²) in [6, 6.07) is 22.7. The van der Waals surface area contributed by atoms with E-state index in [2.05, 4.69) is 4.98 Å². The maximum Gasteiger partial charge on any atom is 0.324 e. The molecule has 40 heavy (non-hydrogen) atoms. The number of carbonyl (C=O) groups is 1. The molecule has 2 aromatic heterocycles. The molecule has 0 saturated carbocycles. The number of hydrogen-bond donors (Lipinski definition) is 3. The second-order valence-electron chi connectivity index (χ2n) is 9.48. The zero-order chi connectivity index (χ0) is 28.4. The average Bonchev–Trinajstić information content (AvgIpc) is 2.94. The molecule has 10 heteroatoms. The minimum Gasteiger partial charge on any atom is -0.480 e. The Morgan fingerprint density at radius 2 is 1.75 bits per heavy atom. The second-order valence-corrected chi connectivity index (χ2v) is 11.3. The summed E-state index contributed by atoms with van der Waals surface area (Å²) < 4.78 is 28.6. The minimum absolute atomic E-state index is 0.0184. The van der Waals surface area contributed by atoms with E-state index in [-0.39, 0.29) is 21.9 Å². The Morgan fingerprint density at radius 1 is 1.00 bits per heavy atom. The number of rotatable bonds is 9. The predicted molar refractivity (Wildman–Crippen MR) is 155 cm³/mol. The lowest BCUT2D eigenvalue weighted by Gasteiger charge is -2.23. The number of nitrogens with zero attached hydrogens (tertiary/aromatic N) is 3. The molecular formula is C30H27N5O4S. The largest absolute Gasteiger partial charge is 0.480 e. The van der Waals surface area contributed by atoms with Gasteiger partial charge in [0.15, 0.2) is 0 Å². The van der Waals surface area contributed by atoms with Gasteiger partial charge in [0.05, 0.1) is 16.7 Å². The van der Waals surface area contributed by atoms with E-state index < -0.39 is 22.5 Å². The number of nitrogens with one attached hydrogen (secondary N) is 1. The summed E-state index contributed by atoms with van der Waals surface area (Å²) in [5, 5.41) is 18.7. The highest BCUT2D eigenvalue weighted by atomic mass is 32.2. The van der Waals surface area contributed by atoms with Gasteiger partial charge in [0.2, 0.25) is 0 Å². The van der Waals surface area contributed by atoms with Crippen LogP contribution in [0.3, 0.4) is 0 Å². The summed E-state index contributed by atoms with van der Waals surface area (Å²) in [6.45, 7) is 1.20. The van der Waals surface area contributed by atoms with Crippen LogP contribution in [0.4, 0.5) is 5.69 Å². The summed E-state index contributed by atoms with van der Waals surface area (Å²) in [4.78, 5) is 20.8. The predicted octanol–water partition coefficient (Wildman–Crippen LogP) is 4.44. The fourth-order valence-electron chi connectivity index (χ4n) is 4.71. The molecule has 0 aliphatic rings. The van der Waals surface area contributed by atoms with Crippen molar-refractivity contribution in [1.82, 2.24) is 9.97 Å². The molecule has 0 unspecified atom stereocenters. The number of fused-ring (bicyclic) bond motifs is 2. The maximum absolute atomic E-state index is 13.9. The highest BCUT2D eigenvalue weighted by Gasteiger charge is 2.29. The van der Waals surface area contributed by atoms with Crippen LogP contribution in [-0.2, 0) is 27.7 Å². The van der Waals surface area contributed by atoms with E-state index in [1.807, 2.05) is 37.3 Å². The standard InChI is InChI=1S/C30H27N5O4S/c1-19-16-23(12-9-20-7-10-22(11-8-20)30(31)32)34-26-17-24(13-14-25(19)26)35(18-28(36)37)40(38,39)27-6-2-4-21-5-3-15-33-29(21)27/h2-8,10-11,13-17H,9,12,18H2,1H3,(H3,31,32)(H,36,37). The van der Waals surface area contributed by atoms with Crippen LogP contribution in [0.15, 0.2) is 90.0 Å². The number of nitrogens with two attached hydrogens (primary N) is 1. The fraction of sp³-hybridized carbons (Fsp3) is 0.133. The Bertz CT molecular complexity index is 1870. The lowest BCUT2D eigenvalue weighted by atomic mass is 10.0. The Hall–Kier alpha value is -4.83. The van der Waals surface area contributed by atoms with Crippen molar-refractivity contribution < 1.29 is 18.3 Å². The van der Waals surface area contributed by atoms with Gasteiger partial charge in [-0.15, -0.1) is 0 Å². The van der Waals surface area contributed by atoms with E-state index in [4.69, 9.17) is 16.1 Å². The van der Waals surface area contributed by atoms with Crippen LogP contribution < -0.4 is 10.0 Å². The summed E-state index contributed by atoms with van der Waals surface area (Å²) in [5.74, 6) is -1.27. The molecule has 0 atom stereocenters. The van der Waals surface area contributed by atoms with Gasteiger partial charge in [0.25, 0.3) is 10.0 Å². The smallest absolute Gasteiger partial charge is 0.324 e. The lowest BCUT2D eigenvalue weighted by Crippen LogP contribution is -2.36. The molecule has 0 spiro atoms. The van der Waals surface area contributed by atoms with E-state index in [1.54, 1.807) is 42.5 Å². The first-order valence-electron chi connectivity index (χ1n) is 12.6. The molecule has 9 nitrogen and oxygen atoms in total. The van der Waals surface area contributed by atoms with Crippen LogP contribution in [0.5, 0.6) is 0 Å². The first kappa shape index (κ1) is 26.8. The fourth-order valence-corrected chi connectivity index (χ4v) is 6.28. The van der Waals surface area contributed by atoms with Crippen LogP contribution >= 0.6 is 0 Å². The van der Waals surface area contributed by atoms with Crippen molar-refractivity contribution in [3.8, 4) is 0 Å². The number of nitrogen functional groups attached to an aromatic ring is 1. The van der Waals surface area contributed by atoms with Crippen molar-refractivity contribution in [3.05, 3.63) is 107 Å². The Labute approximate surface area is 231 Å². The van der Waals surface area contributed by atoms with E-state index in [0.29, 0.717) is 29.3 Å². The molecule has 0 aliphatic heterocycles. The summed E-state index contributed by atoms with van der Waals surface area (Å²) in [6.07, 6.45) is 2.85. The molecule has 0 saturated heterocycles. The lowest BCUT2D eigenvalue weighted by molar-refractivity contribution is -0.135. The zero-order valence-corrected chi connectivity index (χ0v) is 22.5.